The Morgan fingerprint density at radius 1 is 1.50 bits per heavy atom. The van der Waals surface area contributed by atoms with E-state index in [2.05, 4.69) is 20.6 Å². The monoisotopic (exact) mass is 361 g/mol. The van der Waals surface area contributed by atoms with Gasteiger partial charge in [-0.25, -0.2) is 9.37 Å². The molecule has 1 fully saturated rings. The molecule has 26 heavy (non-hydrogen) atoms. The van der Waals surface area contributed by atoms with E-state index in [0.29, 0.717) is 30.6 Å². The zero-order valence-electron chi connectivity index (χ0n) is 14.7. The second kappa shape index (κ2) is 8.66. The fourth-order valence-electron chi connectivity index (χ4n) is 2.94. The lowest BCUT2D eigenvalue weighted by Crippen LogP contribution is -2.45. The Hall–Kier alpha value is -2.61. The molecule has 3 heterocycles. The maximum absolute atomic E-state index is 13.9. The highest BCUT2D eigenvalue weighted by Crippen LogP contribution is 2.20. The Balaban J connectivity index is 1.58. The molecule has 0 radical (unpaired) electrons. The Labute approximate surface area is 151 Å². The maximum atomic E-state index is 13.9. The van der Waals surface area contributed by atoms with Crippen molar-refractivity contribution in [2.75, 3.05) is 31.1 Å². The molecule has 2 aromatic rings. The van der Waals surface area contributed by atoms with Gasteiger partial charge in [-0.3, -0.25) is 4.99 Å². The molecule has 0 bridgehead atoms. The van der Waals surface area contributed by atoms with Crippen molar-refractivity contribution in [3.05, 3.63) is 48.3 Å². The highest BCUT2D eigenvalue weighted by molar-refractivity contribution is 5.80. The van der Waals surface area contributed by atoms with Gasteiger partial charge < -0.3 is 25.1 Å². The molecule has 0 aliphatic carbocycles. The number of guanidine groups is 1. The largest absolute Gasteiger partial charge is 0.467 e. The molecular formula is C18H24FN5O2. The van der Waals surface area contributed by atoms with Crippen LogP contribution < -0.4 is 15.5 Å². The summed E-state index contributed by atoms with van der Waals surface area (Å²) in [4.78, 5) is 10.5. The summed E-state index contributed by atoms with van der Waals surface area (Å²) in [5, 5.41) is 16.6. The van der Waals surface area contributed by atoms with Gasteiger partial charge in [0.05, 0.1) is 12.8 Å². The van der Waals surface area contributed by atoms with Crippen molar-refractivity contribution in [2.45, 2.75) is 25.5 Å². The Kier molecular flexibility index (Phi) is 6.06. The van der Waals surface area contributed by atoms with Crippen molar-refractivity contribution >= 4 is 11.8 Å². The molecule has 7 nitrogen and oxygen atoms in total. The first-order chi connectivity index (χ1) is 12.7. The summed E-state index contributed by atoms with van der Waals surface area (Å²) in [7, 11) is 0. The average molecular weight is 361 g/mol. The number of anilines is 1. The Bertz CT molecular complexity index is 722. The molecule has 1 saturated heterocycles. The highest BCUT2D eigenvalue weighted by Gasteiger charge is 2.26. The minimum absolute atomic E-state index is 0.120. The fraction of sp³-hybridized carbons (Fsp3) is 0.444. The molecule has 0 amide bonds. The third-order valence-electron chi connectivity index (χ3n) is 4.21. The van der Waals surface area contributed by atoms with Crippen molar-refractivity contribution in [3.8, 4) is 0 Å². The van der Waals surface area contributed by atoms with E-state index in [1.807, 2.05) is 11.8 Å². The van der Waals surface area contributed by atoms with Gasteiger partial charge in [0.15, 0.2) is 17.6 Å². The van der Waals surface area contributed by atoms with Gasteiger partial charge in [0.25, 0.3) is 0 Å². The quantitative estimate of drug-likeness (QED) is 0.536. The molecule has 2 atom stereocenters. The number of rotatable bonds is 6. The SMILES string of the molecule is CCNC(=NCC(O)c1ccco1)NC1CCN(c2ncccc2F)C1. The van der Waals surface area contributed by atoms with Gasteiger partial charge in [0.1, 0.15) is 11.9 Å². The van der Waals surface area contributed by atoms with Crippen molar-refractivity contribution in [1.82, 2.24) is 15.6 Å². The molecule has 0 aromatic carbocycles. The van der Waals surface area contributed by atoms with Crippen LogP contribution in [0.2, 0.25) is 0 Å². The number of nitrogens with zero attached hydrogens (tertiary/aromatic N) is 3. The molecule has 0 spiro atoms. The lowest BCUT2D eigenvalue weighted by atomic mass is 10.2. The van der Waals surface area contributed by atoms with Gasteiger partial charge in [-0.1, -0.05) is 0 Å². The highest BCUT2D eigenvalue weighted by atomic mass is 19.1. The molecule has 3 rings (SSSR count). The average Bonchev–Trinajstić information content (AvgIpc) is 3.32. The van der Waals surface area contributed by atoms with E-state index in [0.717, 1.165) is 13.0 Å². The molecule has 140 valence electrons. The third-order valence-corrected chi connectivity index (χ3v) is 4.21. The number of hydrogen-bond donors (Lipinski definition) is 3. The van der Waals surface area contributed by atoms with Crippen LogP contribution in [0.25, 0.3) is 0 Å². The predicted octanol–water partition coefficient (Wildman–Crippen LogP) is 1.68. The molecule has 3 N–H and O–H groups in total. The predicted molar refractivity (Wildman–Crippen MR) is 97.6 cm³/mol. The zero-order valence-corrected chi connectivity index (χ0v) is 14.7. The topological polar surface area (TPSA) is 85.9 Å². The van der Waals surface area contributed by atoms with E-state index in [4.69, 9.17) is 4.42 Å². The van der Waals surface area contributed by atoms with Crippen molar-refractivity contribution in [2.24, 2.45) is 4.99 Å². The minimum Gasteiger partial charge on any atom is -0.467 e. The van der Waals surface area contributed by atoms with Crippen molar-refractivity contribution < 1.29 is 13.9 Å². The number of aliphatic imine (C=N–C) groups is 1. The number of pyridine rings is 1. The van der Waals surface area contributed by atoms with Gasteiger partial charge >= 0.3 is 0 Å². The number of aliphatic hydroxyl groups excluding tert-OH is 1. The van der Waals surface area contributed by atoms with Gasteiger partial charge in [0, 0.05) is 31.9 Å². The summed E-state index contributed by atoms with van der Waals surface area (Å²) >= 11 is 0. The van der Waals surface area contributed by atoms with Crippen LogP contribution in [-0.2, 0) is 0 Å². The van der Waals surface area contributed by atoms with Crippen LogP contribution in [0.3, 0.4) is 0 Å². The summed E-state index contributed by atoms with van der Waals surface area (Å²) in [5.74, 6) is 1.18. The lowest BCUT2D eigenvalue weighted by Gasteiger charge is -2.20. The number of halogens is 1. The fourth-order valence-corrected chi connectivity index (χ4v) is 2.94. The zero-order chi connectivity index (χ0) is 18.4. The smallest absolute Gasteiger partial charge is 0.191 e. The van der Waals surface area contributed by atoms with E-state index in [1.54, 1.807) is 24.4 Å². The van der Waals surface area contributed by atoms with Crippen LogP contribution in [0.5, 0.6) is 0 Å². The summed E-state index contributed by atoms with van der Waals surface area (Å²) < 4.78 is 19.1. The van der Waals surface area contributed by atoms with Gasteiger partial charge in [-0.2, -0.15) is 0 Å². The van der Waals surface area contributed by atoms with E-state index in [-0.39, 0.29) is 18.4 Å². The van der Waals surface area contributed by atoms with Crippen LogP contribution in [-0.4, -0.2) is 48.3 Å². The van der Waals surface area contributed by atoms with Crippen molar-refractivity contribution in [1.29, 1.82) is 0 Å². The maximum Gasteiger partial charge on any atom is 0.191 e. The summed E-state index contributed by atoms with van der Waals surface area (Å²) in [6, 6.07) is 6.58. The Morgan fingerprint density at radius 3 is 3.12 bits per heavy atom. The first-order valence-electron chi connectivity index (χ1n) is 8.79. The molecule has 0 saturated carbocycles. The molecule has 1 aliphatic heterocycles. The molecule has 1 aliphatic rings. The Morgan fingerprint density at radius 2 is 2.38 bits per heavy atom. The first kappa shape index (κ1) is 18.2. The number of aromatic nitrogens is 1. The number of nitrogens with one attached hydrogen (secondary N) is 2. The number of hydrogen-bond acceptors (Lipinski definition) is 5. The third kappa shape index (κ3) is 4.51. The van der Waals surface area contributed by atoms with E-state index >= 15 is 0 Å². The summed E-state index contributed by atoms with van der Waals surface area (Å²) in [5.41, 5.74) is 0. The van der Waals surface area contributed by atoms with Crippen LogP contribution in [0, 0.1) is 5.82 Å². The molecule has 2 aromatic heterocycles. The molecule has 8 heteroatoms. The minimum atomic E-state index is -0.789. The van der Waals surface area contributed by atoms with E-state index < -0.39 is 6.10 Å². The van der Waals surface area contributed by atoms with Crippen LogP contribution >= 0.6 is 0 Å². The van der Waals surface area contributed by atoms with Gasteiger partial charge in [-0.05, 0) is 37.6 Å². The first-order valence-corrected chi connectivity index (χ1v) is 8.79. The van der Waals surface area contributed by atoms with Crippen LogP contribution in [0.4, 0.5) is 10.2 Å². The normalized spacial score (nSPS) is 18.8. The lowest BCUT2D eigenvalue weighted by molar-refractivity contribution is 0.158. The number of aliphatic hydroxyl groups is 1. The summed E-state index contributed by atoms with van der Waals surface area (Å²) in [6.07, 6.45) is 3.18. The second-order valence-electron chi connectivity index (χ2n) is 6.14. The van der Waals surface area contributed by atoms with Crippen LogP contribution in [0.15, 0.2) is 46.1 Å². The number of furan rings is 1. The van der Waals surface area contributed by atoms with E-state index in [9.17, 15) is 9.50 Å². The van der Waals surface area contributed by atoms with E-state index in [1.165, 1.54) is 12.3 Å². The van der Waals surface area contributed by atoms with Crippen LogP contribution in [0.1, 0.15) is 25.2 Å². The van der Waals surface area contributed by atoms with Gasteiger partial charge in [0.2, 0.25) is 0 Å². The van der Waals surface area contributed by atoms with Gasteiger partial charge in [-0.15, -0.1) is 0 Å². The molecular weight excluding hydrogens is 337 g/mol. The van der Waals surface area contributed by atoms with Crippen molar-refractivity contribution in [3.63, 3.8) is 0 Å². The molecule has 2 unspecified atom stereocenters. The second-order valence-corrected chi connectivity index (χ2v) is 6.14. The summed E-state index contributed by atoms with van der Waals surface area (Å²) in [6.45, 7) is 4.23. The standard InChI is InChI=1S/C18H24FN5O2/c1-2-20-18(22-11-15(25)16-6-4-10-26-16)23-13-7-9-24(12-13)17-14(19)5-3-8-21-17/h3-6,8,10,13,15,25H,2,7,9,11-12H2,1H3,(H2,20,22,23).